The highest BCUT2D eigenvalue weighted by Crippen LogP contribution is 2.29. The number of piperidine rings is 1. The fraction of sp³-hybridized carbons (Fsp3) is 0.600. The monoisotopic (exact) mass is 396 g/mol. The summed E-state index contributed by atoms with van der Waals surface area (Å²) in [7, 11) is 2.05. The van der Waals surface area contributed by atoms with E-state index in [9.17, 15) is 13.2 Å². The Balaban J connectivity index is 1.47. The zero-order valence-corrected chi connectivity index (χ0v) is 16.4. The highest BCUT2D eigenvalue weighted by molar-refractivity contribution is 5.25. The van der Waals surface area contributed by atoms with Gasteiger partial charge in [0.1, 0.15) is 0 Å². The SMILES string of the molecule is Cc1nc(CN(C)C[C@@H]2CCCN(CCc3cccc(C(F)(F)F)c3)C2)no1. The molecule has 1 atom stereocenters. The zero-order chi connectivity index (χ0) is 20.1. The van der Waals surface area contributed by atoms with E-state index in [1.807, 2.05) is 7.05 Å². The average molecular weight is 396 g/mol. The minimum Gasteiger partial charge on any atom is -0.340 e. The fourth-order valence-electron chi connectivity index (χ4n) is 3.85. The lowest BCUT2D eigenvalue weighted by Crippen LogP contribution is -2.40. The van der Waals surface area contributed by atoms with Gasteiger partial charge in [0.25, 0.3) is 0 Å². The molecule has 0 bridgehead atoms. The fourth-order valence-corrected chi connectivity index (χ4v) is 3.85. The van der Waals surface area contributed by atoms with Gasteiger partial charge in [0.15, 0.2) is 5.82 Å². The van der Waals surface area contributed by atoms with Gasteiger partial charge in [0.2, 0.25) is 5.89 Å². The Morgan fingerprint density at radius 1 is 1.32 bits per heavy atom. The van der Waals surface area contributed by atoms with Gasteiger partial charge in [-0.25, -0.2) is 0 Å². The Bertz CT molecular complexity index is 762. The van der Waals surface area contributed by atoms with Crippen molar-refractivity contribution >= 4 is 0 Å². The largest absolute Gasteiger partial charge is 0.416 e. The second-order valence-electron chi connectivity index (χ2n) is 7.68. The second kappa shape index (κ2) is 9.05. The highest BCUT2D eigenvalue weighted by atomic mass is 19.4. The molecular weight excluding hydrogens is 369 g/mol. The standard InChI is InChI=1S/C20H27F3N4O/c1-15-24-19(25-28-15)14-26(2)12-17-6-4-9-27(13-17)10-8-16-5-3-7-18(11-16)20(21,22)23/h3,5,7,11,17H,4,6,8-10,12-14H2,1-2H3/t17-/m0/s1. The molecule has 3 rings (SSSR count). The van der Waals surface area contributed by atoms with E-state index in [1.54, 1.807) is 13.0 Å². The Labute approximate surface area is 163 Å². The first kappa shape index (κ1) is 20.8. The molecule has 28 heavy (non-hydrogen) atoms. The molecule has 1 aromatic carbocycles. The summed E-state index contributed by atoms with van der Waals surface area (Å²) in [6, 6.07) is 5.66. The van der Waals surface area contributed by atoms with Crippen molar-refractivity contribution in [2.24, 2.45) is 5.92 Å². The summed E-state index contributed by atoms with van der Waals surface area (Å²) in [5, 5.41) is 3.93. The van der Waals surface area contributed by atoms with Crippen molar-refractivity contribution < 1.29 is 17.7 Å². The third kappa shape index (κ3) is 6.04. The van der Waals surface area contributed by atoms with Crippen LogP contribution in [0.2, 0.25) is 0 Å². The van der Waals surface area contributed by atoms with Crippen molar-refractivity contribution in [2.45, 2.75) is 38.9 Å². The first-order valence-electron chi connectivity index (χ1n) is 9.66. The second-order valence-corrected chi connectivity index (χ2v) is 7.68. The molecule has 0 aliphatic carbocycles. The topological polar surface area (TPSA) is 45.4 Å². The van der Waals surface area contributed by atoms with E-state index in [1.165, 1.54) is 12.1 Å². The van der Waals surface area contributed by atoms with Crippen LogP contribution in [0.5, 0.6) is 0 Å². The van der Waals surface area contributed by atoms with Gasteiger partial charge in [-0.15, -0.1) is 0 Å². The van der Waals surface area contributed by atoms with Gasteiger partial charge in [0, 0.05) is 26.6 Å². The first-order valence-corrected chi connectivity index (χ1v) is 9.66. The number of benzene rings is 1. The summed E-state index contributed by atoms with van der Waals surface area (Å²) in [6.07, 6.45) is -1.37. The van der Waals surface area contributed by atoms with Gasteiger partial charge < -0.3 is 9.42 Å². The molecule has 5 nitrogen and oxygen atoms in total. The van der Waals surface area contributed by atoms with Crippen LogP contribution in [-0.4, -0.2) is 53.2 Å². The quantitative estimate of drug-likeness (QED) is 0.713. The number of halogens is 3. The van der Waals surface area contributed by atoms with Crippen LogP contribution in [0.15, 0.2) is 28.8 Å². The van der Waals surface area contributed by atoms with Crippen molar-refractivity contribution in [1.82, 2.24) is 19.9 Å². The Morgan fingerprint density at radius 2 is 2.14 bits per heavy atom. The van der Waals surface area contributed by atoms with Gasteiger partial charge >= 0.3 is 6.18 Å². The molecule has 1 fully saturated rings. The highest BCUT2D eigenvalue weighted by Gasteiger charge is 2.30. The van der Waals surface area contributed by atoms with Crippen molar-refractivity contribution in [2.75, 3.05) is 33.2 Å². The van der Waals surface area contributed by atoms with Crippen molar-refractivity contribution in [1.29, 1.82) is 0 Å². The van der Waals surface area contributed by atoms with E-state index in [4.69, 9.17) is 4.52 Å². The van der Waals surface area contributed by atoms with Crippen LogP contribution in [0, 0.1) is 12.8 Å². The van der Waals surface area contributed by atoms with Gasteiger partial charge in [-0.05, 0) is 50.4 Å². The predicted octanol–water partition coefficient (Wildman–Crippen LogP) is 3.78. The number of aromatic nitrogens is 2. The molecule has 1 aliphatic rings. The normalized spacial score (nSPS) is 18.7. The van der Waals surface area contributed by atoms with Crippen LogP contribution in [0.4, 0.5) is 13.2 Å². The number of likely N-dealkylation sites (tertiary alicyclic amines) is 1. The van der Waals surface area contributed by atoms with Crippen molar-refractivity contribution in [3.8, 4) is 0 Å². The summed E-state index contributed by atoms with van der Waals surface area (Å²) >= 11 is 0. The minimum absolute atomic E-state index is 0.535. The molecule has 1 saturated heterocycles. The lowest BCUT2D eigenvalue weighted by molar-refractivity contribution is -0.137. The molecule has 0 saturated carbocycles. The molecule has 1 aliphatic heterocycles. The molecule has 0 N–H and O–H groups in total. The summed E-state index contributed by atoms with van der Waals surface area (Å²) in [6.45, 7) is 6.12. The third-order valence-corrected chi connectivity index (χ3v) is 5.12. The average Bonchev–Trinajstić information content (AvgIpc) is 3.04. The Hall–Kier alpha value is -1.93. The maximum atomic E-state index is 12.9. The van der Waals surface area contributed by atoms with E-state index in [0.717, 1.165) is 50.7 Å². The molecule has 8 heteroatoms. The number of nitrogens with zero attached hydrogens (tertiary/aromatic N) is 4. The summed E-state index contributed by atoms with van der Waals surface area (Å²) in [5.41, 5.74) is 0.168. The number of aryl methyl sites for hydroxylation is 1. The maximum absolute atomic E-state index is 12.9. The molecule has 0 amide bonds. The first-order chi connectivity index (χ1) is 13.3. The van der Waals surface area contributed by atoms with Crippen LogP contribution in [0.1, 0.15) is 35.7 Å². The van der Waals surface area contributed by atoms with Crippen molar-refractivity contribution in [3.63, 3.8) is 0 Å². The maximum Gasteiger partial charge on any atom is 0.416 e. The summed E-state index contributed by atoms with van der Waals surface area (Å²) in [4.78, 5) is 8.80. The van der Waals surface area contributed by atoms with Crippen LogP contribution < -0.4 is 0 Å². The predicted molar refractivity (Wildman–Crippen MR) is 99.7 cm³/mol. The molecule has 2 aromatic rings. The zero-order valence-electron chi connectivity index (χ0n) is 16.4. The van der Waals surface area contributed by atoms with Gasteiger partial charge in [-0.1, -0.05) is 23.4 Å². The van der Waals surface area contributed by atoms with Gasteiger partial charge in [-0.2, -0.15) is 18.2 Å². The van der Waals surface area contributed by atoms with Gasteiger partial charge in [0.05, 0.1) is 12.1 Å². The summed E-state index contributed by atoms with van der Waals surface area (Å²) in [5.74, 6) is 1.80. The molecule has 154 valence electrons. The van der Waals surface area contributed by atoms with Crippen LogP contribution in [-0.2, 0) is 19.1 Å². The lowest BCUT2D eigenvalue weighted by Gasteiger charge is -2.34. The van der Waals surface area contributed by atoms with E-state index < -0.39 is 11.7 Å². The molecular formula is C20H27F3N4O. The number of alkyl halides is 3. The molecule has 2 heterocycles. The molecule has 1 aromatic heterocycles. The molecule has 0 radical (unpaired) electrons. The third-order valence-electron chi connectivity index (χ3n) is 5.12. The Morgan fingerprint density at radius 3 is 2.86 bits per heavy atom. The lowest BCUT2D eigenvalue weighted by atomic mass is 9.97. The van der Waals surface area contributed by atoms with Crippen LogP contribution in [0.3, 0.4) is 0 Å². The minimum atomic E-state index is -4.28. The molecule has 0 unspecified atom stereocenters. The Kier molecular flexibility index (Phi) is 6.72. The number of hydrogen-bond acceptors (Lipinski definition) is 5. The smallest absolute Gasteiger partial charge is 0.340 e. The molecule has 0 spiro atoms. The van der Waals surface area contributed by atoms with E-state index in [-0.39, 0.29) is 0 Å². The number of hydrogen-bond donors (Lipinski definition) is 0. The summed E-state index contributed by atoms with van der Waals surface area (Å²) < 4.78 is 43.6. The number of rotatable bonds is 7. The van der Waals surface area contributed by atoms with E-state index >= 15 is 0 Å². The van der Waals surface area contributed by atoms with Crippen LogP contribution in [0.25, 0.3) is 0 Å². The van der Waals surface area contributed by atoms with Gasteiger partial charge in [-0.3, -0.25) is 4.90 Å². The van der Waals surface area contributed by atoms with E-state index in [0.29, 0.717) is 30.6 Å². The van der Waals surface area contributed by atoms with Crippen molar-refractivity contribution in [3.05, 3.63) is 47.1 Å². The van der Waals surface area contributed by atoms with Crippen LogP contribution >= 0.6 is 0 Å². The van der Waals surface area contributed by atoms with E-state index in [2.05, 4.69) is 19.9 Å².